The Balaban J connectivity index is 1.68. The molecule has 0 N–H and O–H groups in total. The van der Waals surface area contributed by atoms with Crippen molar-refractivity contribution >= 4 is 28.9 Å². The van der Waals surface area contributed by atoms with Crippen LogP contribution in [0.15, 0.2) is 42.5 Å². The highest BCUT2D eigenvalue weighted by Gasteiger charge is 2.26. The highest BCUT2D eigenvalue weighted by molar-refractivity contribution is 6.30. The molecule has 0 unspecified atom stereocenters. The van der Waals surface area contributed by atoms with Gasteiger partial charge in [-0.2, -0.15) is 0 Å². The summed E-state index contributed by atoms with van der Waals surface area (Å²) in [5.41, 5.74) is 2.40. The maximum Gasteiger partial charge on any atom is 0.294 e. The summed E-state index contributed by atoms with van der Waals surface area (Å²) in [6.45, 7) is 6.35. The number of hydrogen-bond donors (Lipinski definition) is 0. The van der Waals surface area contributed by atoms with Crippen molar-refractivity contribution in [2.24, 2.45) is 0 Å². The highest BCUT2D eigenvalue weighted by atomic mass is 35.5. The van der Waals surface area contributed by atoms with E-state index >= 15 is 0 Å². The molecule has 142 valence electrons. The number of carbonyl (C=O) groups is 1. The number of hydrogen-bond acceptors (Lipinski definition) is 4. The molecule has 0 atom stereocenters. The van der Waals surface area contributed by atoms with Crippen LogP contribution in [0.5, 0.6) is 0 Å². The lowest BCUT2D eigenvalue weighted by Crippen LogP contribution is -2.49. The average molecular weight is 388 g/mol. The molecule has 0 spiro atoms. The number of amides is 1. The highest BCUT2D eigenvalue weighted by Crippen LogP contribution is 2.31. The first-order valence-corrected chi connectivity index (χ1v) is 9.32. The smallest absolute Gasteiger partial charge is 0.294 e. The molecule has 6 nitrogen and oxygen atoms in total. The van der Waals surface area contributed by atoms with Gasteiger partial charge in [-0.1, -0.05) is 37.6 Å². The van der Waals surface area contributed by atoms with E-state index in [1.165, 1.54) is 11.6 Å². The van der Waals surface area contributed by atoms with Crippen molar-refractivity contribution < 1.29 is 9.72 Å². The molecule has 2 aromatic carbocycles. The van der Waals surface area contributed by atoms with E-state index < -0.39 is 4.92 Å². The quantitative estimate of drug-likeness (QED) is 0.578. The summed E-state index contributed by atoms with van der Waals surface area (Å²) in [5, 5.41) is 11.6. The van der Waals surface area contributed by atoms with Crippen LogP contribution in [-0.4, -0.2) is 41.9 Å². The van der Waals surface area contributed by atoms with Crippen molar-refractivity contribution in [1.82, 2.24) is 4.90 Å². The van der Waals surface area contributed by atoms with Gasteiger partial charge < -0.3 is 9.80 Å². The van der Waals surface area contributed by atoms with Crippen molar-refractivity contribution in [1.29, 1.82) is 0 Å². The normalized spacial score (nSPS) is 14.5. The molecule has 1 aliphatic heterocycles. The van der Waals surface area contributed by atoms with E-state index in [0.717, 1.165) is 0 Å². The molecule has 0 aliphatic carbocycles. The lowest BCUT2D eigenvalue weighted by Gasteiger charge is -2.35. The molecular weight excluding hydrogens is 366 g/mol. The Morgan fingerprint density at radius 2 is 1.70 bits per heavy atom. The van der Waals surface area contributed by atoms with Crippen molar-refractivity contribution in [3.05, 3.63) is 68.7 Å². The second-order valence-electron chi connectivity index (χ2n) is 6.95. The number of benzene rings is 2. The Labute approximate surface area is 163 Å². The number of halogens is 1. The Hall–Kier alpha value is -2.60. The van der Waals surface area contributed by atoms with Gasteiger partial charge in [0.25, 0.3) is 11.6 Å². The molecule has 1 saturated heterocycles. The van der Waals surface area contributed by atoms with Crippen LogP contribution in [0.25, 0.3) is 0 Å². The average Bonchev–Trinajstić information content (AvgIpc) is 2.67. The van der Waals surface area contributed by atoms with E-state index in [-0.39, 0.29) is 11.6 Å². The zero-order valence-corrected chi connectivity index (χ0v) is 16.1. The van der Waals surface area contributed by atoms with Gasteiger partial charge in [-0.15, -0.1) is 0 Å². The molecule has 1 amide bonds. The summed E-state index contributed by atoms with van der Waals surface area (Å²) >= 11 is 5.89. The number of nitrogens with zero attached hydrogens (tertiary/aromatic N) is 3. The van der Waals surface area contributed by atoms with Gasteiger partial charge in [0.2, 0.25) is 0 Å². The third kappa shape index (κ3) is 4.22. The Bertz CT molecular complexity index is 844. The predicted molar refractivity (Wildman–Crippen MR) is 107 cm³/mol. The van der Waals surface area contributed by atoms with Gasteiger partial charge in [0.05, 0.1) is 4.92 Å². The molecule has 1 heterocycles. The Kier molecular flexibility index (Phi) is 5.65. The van der Waals surface area contributed by atoms with Crippen molar-refractivity contribution in [2.45, 2.75) is 19.8 Å². The van der Waals surface area contributed by atoms with Crippen molar-refractivity contribution in [3.8, 4) is 0 Å². The molecule has 1 aliphatic rings. The summed E-state index contributed by atoms with van der Waals surface area (Å²) in [6.07, 6.45) is 0. The van der Waals surface area contributed by atoms with Crippen molar-refractivity contribution in [3.63, 3.8) is 0 Å². The first-order valence-electron chi connectivity index (χ1n) is 8.95. The van der Waals surface area contributed by atoms with Crippen LogP contribution >= 0.6 is 11.6 Å². The van der Waals surface area contributed by atoms with E-state index in [0.29, 0.717) is 48.4 Å². The molecular formula is C20H22ClN3O3. The number of piperazine rings is 1. The molecule has 0 aromatic heterocycles. The van der Waals surface area contributed by atoms with E-state index in [2.05, 4.69) is 13.8 Å². The van der Waals surface area contributed by atoms with Crippen LogP contribution in [0.3, 0.4) is 0 Å². The molecule has 3 rings (SSSR count). The number of anilines is 1. The first-order chi connectivity index (χ1) is 12.9. The fraction of sp³-hybridized carbons (Fsp3) is 0.350. The van der Waals surface area contributed by atoms with Gasteiger partial charge in [-0.3, -0.25) is 14.9 Å². The van der Waals surface area contributed by atoms with Gasteiger partial charge in [-0.25, -0.2) is 0 Å². The topological polar surface area (TPSA) is 66.7 Å². The standard InChI is InChI=1S/C20H22ClN3O3/c1-14(2)15-3-5-16(6-4-15)20(25)23-11-9-22(10-12-23)18-8-7-17(21)13-19(18)24(26)27/h3-8,13-14H,9-12H2,1-2H3. The van der Waals surface area contributed by atoms with Crippen LogP contribution < -0.4 is 4.90 Å². The van der Waals surface area contributed by atoms with Crippen LogP contribution in [0, 0.1) is 10.1 Å². The summed E-state index contributed by atoms with van der Waals surface area (Å²) in [5.74, 6) is 0.420. The fourth-order valence-corrected chi connectivity index (χ4v) is 3.42. The minimum Gasteiger partial charge on any atom is -0.362 e. The molecule has 1 fully saturated rings. The van der Waals surface area contributed by atoms with Gasteiger partial charge in [0.1, 0.15) is 5.69 Å². The lowest BCUT2D eigenvalue weighted by molar-refractivity contribution is -0.384. The SMILES string of the molecule is CC(C)c1ccc(C(=O)N2CCN(c3ccc(Cl)cc3[N+](=O)[O-])CC2)cc1. The molecule has 2 aromatic rings. The van der Waals surface area contributed by atoms with Gasteiger partial charge in [0, 0.05) is 42.8 Å². The maximum atomic E-state index is 12.7. The minimum absolute atomic E-state index is 0.00411. The van der Waals surface area contributed by atoms with Crippen LogP contribution in [0.1, 0.15) is 35.7 Å². The summed E-state index contributed by atoms with van der Waals surface area (Å²) in [6, 6.07) is 12.4. The number of carbonyl (C=O) groups excluding carboxylic acids is 1. The largest absolute Gasteiger partial charge is 0.362 e. The van der Waals surface area contributed by atoms with E-state index in [1.807, 2.05) is 29.2 Å². The van der Waals surface area contributed by atoms with Gasteiger partial charge in [0.15, 0.2) is 0 Å². The molecule has 0 bridgehead atoms. The minimum atomic E-state index is -0.422. The zero-order chi connectivity index (χ0) is 19.6. The van der Waals surface area contributed by atoms with E-state index in [4.69, 9.17) is 11.6 Å². The Morgan fingerprint density at radius 1 is 1.07 bits per heavy atom. The van der Waals surface area contributed by atoms with E-state index in [9.17, 15) is 14.9 Å². The molecule has 0 saturated carbocycles. The molecule has 27 heavy (non-hydrogen) atoms. The van der Waals surface area contributed by atoms with E-state index in [1.54, 1.807) is 17.0 Å². The Morgan fingerprint density at radius 3 is 2.26 bits per heavy atom. The molecule has 7 heteroatoms. The van der Waals surface area contributed by atoms with Crippen LogP contribution in [0.2, 0.25) is 5.02 Å². The van der Waals surface area contributed by atoms with Gasteiger partial charge in [-0.05, 0) is 35.7 Å². The summed E-state index contributed by atoms with van der Waals surface area (Å²) < 4.78 is 0. The summed E-state index contributed by atoms with van der Waals surface area (Å²) in [4.78, 5) is 27.3. The zero-order valence-electron chi connectivity index (χ0n) is 15.4. The maximum absolute atomic E-state index is 12.7. The van der Waals surface area contributed by atoms with Crippen LogP contribution in [-0.2, 0) is 0 Å². The summed E-state index contributed by atoms with van der Waals surface area (Å²) in [7, 11) is 0. The fourth-order valence-electron chi connectivity index (χ4n) is 3.25. The second-order valence-corrected chi connectivity index (χ2v) is 7.38. The number of nitro groups is 1. The predicted octanol–water partition coefficient (Wildman–Crippen LogP) is 4.33. The molecule has 0 radical (unpaired) electrons. The van der Waals surface area contributed by atoms with Gasteiger partial charge >= 0.3 is 0 Å². The first kappa shape index (κ1) is 19.2. The van der Waals surface area contributed by atoms with Crippen LogP contribution in [0.4, 0.5) is 11.4 Å². The lowest BCUT2D eigenvalue weighted by atomic mass is 10.0. The monoisotopic (exact) mass is 387 g/mol. The number of rotatable bonds is 4. The third-order valence-electron chi connectivity index (χ3n) is 4.87. The second kappa shape index (κ2) is 7.96. The third-order valence-corrected chi connectivity index (χ3v) is 5.10. The number of nitro benzene ring substituents is 1. The van der Waals surface area contributed by atoms with Crippen molar-refractivity contribution in [2.75, 3.05) is 31.1 Å².